The van der Waals surface area contributed by atoms with Gasteiger partial charge in [-0.05, 0) is 66.8 Å². The van der Waals surface area contributed by atoms with Crippen molar-refractivity contribution in [3.8, 4) is 10.4 Å². The third-order valence-corrected chi connectivity index (χ3v) is 8.92. The Bertz CT molecular complexity index is 2050. The lowest BCUT2D eigenvalue weighted by Gasteiger charge is -2.22. The van der Waals surface area contributed by atoms with Crippen LogP contribution >= 0.6 is 11.3 Å². The average Bonchev–Trinajstić information content (AvgIpc) is 3.68. The number of nitrogens with one attached hydrogen (secondary N) is 2. The van der Waals surface area contributed by atoms with Crippen molar-refractivity contribution >= 4 is 50.2 Å². The van der Waals surface area contributed by atoms with Crippen molar-refractivity contribution in [2.24, 2.45) is 0 Å². The van der Waals surface area contributed by atoms with E-state index in [1.807, 2.05) is 54.6 Å². The maximum atomic E-state index is 12.8. The molecule has 2 N–H and O–H groups in total. The van der Waals surface area contributed by atoms with Crippen molar-refractivity contribution in [3.05, 3.63) is 118 Å². The number of rotatable bonds is 7. The molecule has 0 radical (unpaired) electrons. The van der Waals surface area contributed by atoms with Crippen LogP contribution in [0.2, 0.25) is 0 Å². The highest BCUT2D eigenvalue weighted by molar-refractivity contribution is 7.19. The maximum Gasteiger partial charge on any atom is 0.345 e. The van der Waals surface area contributed by atoms with Crippen LogP contribution in [0.15, 0.2) is 98.7 Å². The highest BCUT2D eigenvalue weighted by Gasteiger charge is 2.18. The van der Waals surface area contributed by atoms with Gasteiger partial charge in [-0.25, -0.2) is 14.6 Å². The van der Waals surface area contributed by atoms with Crippen molar-refractivity contribution in [2.45, 2.75) is 44.6 Å². The number of fused-ring (bicyclic) bond motifs is 2. The quantitative estimate of drug-likeness (QED) is 0.141. The molecule has 0 aliphatic heterocycles. The first-order chi connectivity index (χ1) is 21.5. The smallest absolute Gasteiger partial charge is 0.345 e. The van der Waals surface area contributed by atoms with E-state index in [2.05, 4.69) is 15.6 Å². The van der Waals surface area contributed by atoms with Gasteiger partial charge in [0.25, 0.3) is 0 Å². The van der Waals surface area contributed by atoms with E-state index >= 15 is 0 Å². The summed E-state index contributed by atoms with van der Waals surface area (Å²) in [6.45, 7) is 0. The Morgan fingerprint density at radius 2 is 1.55 bits per heavy atom. The fraction of sp³-hybridized carbons (Fsp3) is 0.200. The lowest BCUT2D eigenvalue weighted by Crippen LogP contribution is -2.38. The molecule has 1 saturated carbocycles. The lowest BCUT2D eigenvalue weighted by molar-refractivity contribution is 0.101. The number of amides is 2. The number of aromatic nitrogens is 1. The van der Waals surface area contributed by atoms with E-state index in [4.69, 9.17) is 8.83 Å². The monoisotopic (exact) mass is 603 g/mol. The first-order valence-corrected chi connectivity index (χ1v) is 15.5. The van der Waals surface area contributed by atoms with Gasteiger partial charge in [0.15, 0.2) is 10.9 Å². The molecule has 0 saturated heterocycles. The van der Waals surface area contributed by atoms with Gasteiger partial charge in [0.1, 0.15) is 11.2 Å². The molecule has 0 bridgehead atoms. The molecule has 220 valence electrons. The number of carbonyl (C=O) groups is 2. The number of furan rings is 1. The minimum Gasteiger partial charge on any atom is -0.453 e. The molecule has 0 spiro atoms. The highest BCUT2D eigenvalue weighted by Crippen LogP contribution is 2.30. The number of carbonyl (C=O) groups excluding carboxylic acids is 2. The molecule has 7 rings (SSSR count). The Morgan fingerprint density at radius 3 is 2.30 bits per heavy atom. The predicted octanol–water partition coefficient (Wildman–Crippen LogP) is 7.94. The third-order valence-electron chi connectivity index (χ3n) is 7.98. The molecule has 3 aromatic carbocycles. The van der Waals surface area contributed by atoms with E-state index in [0.717, 1.165) is 47.6 Å². The number of hydrogen-bond donors (Lipinski definition) is 2. The molecule has 1 aliphatic rings. The van der Waals surface area contributed by atoms with Gasteiger partial charge < -0.3 is 14.2 Å². The van der Waals surface area contributed by atoms with E-state index < -0.39 is 5.63 Å². The zero-order valence-electron chi connectivity index (χ0n) is 23.8. The Labute approximate surface area is 256 Å². The Morgan fingerprint density at radius 1 is 0.841 bits per heavy atom. The van der Waals surface area contributed by atoms with E-state index in [1.165, 1.54) is 17.8 Å². The molecule has 1 aliphatic carbocycles. The van der Waals surface area contributed by atoms with E-state index in [0.29, 0.717) is 44.5 Å². The fourth-order valence-corrected chi connectivity index (χ4v) is 6.57. The Balaban J connectivity index is 1.08. The molecule has 3 heterocycles. The Kier molecular flexibility index (Phi) is 7.54. The standard InChI is InChI=1S/C35H29N3O5S/c39-32(23-7-3-1-4-8-23)30-19-25-17-22(11-13-28(25)42-30)15-21-12-14-29-24(16-21)18-27(33(40)43-29)31-20-36-35(44-31)38-34(41)37-26-9-5-2-6-10-26/h1,3-4,7-8,11-14,16-20,26H,2,5-6,9-10,15H2,(H2,36,37,38,41). The van der Waals surface area contributed by atoms with Crippen LogP contribution in [-0.4, -0.2) is 22.8 Å². The molecule has 3 aromatic heterocycles. The zero-order chi connectivity index (χ0) is 30.0. The lowest BCUT2D eigenvalue weighted by atomic mass is 9.96. The summed E-state index contributed by atoms with van der Waals surface area (Å²) in [5, 5.41) is 7.88. The molecular formula is C35H29N3O5S. The van der Waals surface area contributed by atoms with Crippen molar-refractivity contribution in [1.82, 2.24) is 10.3 Å². The van der Waals surface area contributed by atoms with Crippen LogP contribution in [0.3, 0.4) is 0 Å². The largest absolute Gasteiger partial charge is 0.453 e. The van der Waals surface area contributed by atoms with Gasteiger partial charge in [0.05, 0.1) is 10.4 Å². The molecular weight excluding hydrogens is 574 g/mol. The van der Waals surface area contributed by atoms with E-state index in [-0.39, 0.29) is 17.9 Å². The minimum absolute atomic E-state index is 0.151. The summed E-state index contributed by atoms with van der Waals surface area (Å²) < 4.78 is 11.5. The number of nitrogens with zero attached hydrogens (tertiary/aromatic N) is 1. The van der Waals surface area contributed by atoms with Gasteiger partial charge in [0.2, 0.25) is 5.78 Å². The van der Waals surface area contributed by atoms with Crippen LogP contribution < -0.4 is 16.3 Å². The number of urea groups is 1. The summed E-state index contributed by atoms with van der Waals surface area (Å²) in [6.07, 6.45) is 7.67. The molecule has 8 nitrogen and oxygen atoms in total. The van der Waals surface area contributed by atoms with Crippen LogP contribution in [0.1, 0.15) is 59.3 Å². The SMILES string of the molecule is O=C(Nc1ncc(-c2cc3cc(Cc4ccc5oc(C(=O)c6ccccc6)cc5c4)ccc3oc2=O)s1)NC1CCCCC1. The van der Waals surface area contributed by atoms with Crippen LogP contribution in [0, 0.1) is 0 Å². The third kappa shape index (κ3) is 5.91. The second-order valence-electron chi connectivity index (χ2n) is 11.1. The number of benzene rings is 3. The number of anilines is 1. The fourth-order valence-electron chi connectivity index (χ4n) is 5.76. The van der Waals surface area contributed by atoms with Crippen LogP contribution in [0.5, 0.6) is 0 Å². The van der Waals surface area contributed by atoms with Crippen molar-refractivity contribution < 1.29 is 18.4 Å². The average molecular weight is 604 g/mol. The van der Waals surface area contributed by atoms with Gasteiger partial charge in [-0.1, -0.05) is 73.1 Å². The second kappa shape index (κ2) is 11.9. The van der Waals surface area contributed by atoms with Crippen LogP contribution in [0.25, 0.3) is 32.4 Å². The number of hydrogen-bond acceptors (Lipinski definition) is 7. The van der Waals surface area contributed by atoms with Gasteiger partial charge >= 0.3 is 11.7 Å². The number of thiazole rings is 1. The maximum absolute atomic E-state index is 12.8. The van der Waals surface area contributed by atoms with E-state index in [1.54, 1.807) is 30.5 Å². The predicted molar refractivity (Wildman–Crippen MR) is 172 cm³/mol. The molecule has 0 unspecified atom stereocenters. The molecule has 6 aromatic rings. The van der Waals surface area contributed by atoms with Crippen LogP contribution in [-0.2, 0) is 6.42 Å². The van der Waals surface area contributed by atoms with Gasteiger partial charge in [-0.15, -0.1) is 0 Å². The van der Waals surface area contributed by atoms with Crippen LogP contribution in [0.4, 0.5) is 9.93 Å². The molecule has 0 atom stereocenters. The summed E-state index contributed by atoms with van der Waals surface area (Å²) in [6, 6.07) is 24.2. The topological polar surface area (TPSA) is 114 Å². The van der Waals surface area contributed by atoms with Crippen molar-refractivity contribution in [2.75, 3.05) is 5.32 Å². The van der Waals surface area contributed by atoms with Gasteiger partial charge in [-0.2, -0.15) is 0 Å². The first kappa shape index (κ1) is 27.8. The Hall–Kier alpha value is -5.02. The summed E-state index contributed by atoms with van der Waals surface area (Å²) >= 11 is 1.23. The second-order valence-corrected chi connectivity index (χ2v) is 12.2. The highest BCUT2D eigenvalue weighted by atomic mass is 32.1. The van der Waals surface area contributed by atoms with Crippen molar-refractivity contribution in [3.63, 3.8) is 0 Å². The molecule has 2 amide bonds. The van der Waals surface area contributed by atoms with Gasteiger partial charge in [0, 0.05) is 28.6 Å². The van der Waals surface area contributed by atoms with Gasteiger partial charge in [-0.3, -0.25) is 10.1 Å². The number of ketones is 1. The van der Waals surface area contributed by atoms with Crippen molar-refractivity contribution in [1.29, 1.82) is 0 Å². The normalized spacial score (nSPS) is 13.7. The zero-order valence-corrected chi connectivity index (χ0v) is 24.6. The summed E-state index contributed by atoms with van der Waals surface area (Å²) in [7, 11) is 0. The summed E-state index contributed by atoms with van der Waals surface area (Å²) in [5.74, 6) is 0.157. The first-order valence-electron chi connectivity index (χ1n) is 14.7. The minimum atomic E-state index is -0.460. The van der Waals surface area contributed by atoms with E-state index in [9.17, 15) is 14.4 Å². The molecule has 1 fully saturated rings. The molecule has 44 heavy (non-hydrogen) atoms. The summed E-state index contributed by atoms with van der Waals surface area (Å²) in [5.41, 5.74) is 3.75. The molecule has 9 heteroatoms. The summed E-state index contributed by atoms with van der Waals surface area (Å²) in [4.78, 5) is 43.1.